The number of benzene rings is 1. The van der Waals surface area contributed by atoms with Crippen LogP contribution in [0, 0.1) is 17.2 Å². The van der Waals surface area contributed by atoms with E-state index in [2.05, 4.69) is 33.4 Å². The van der Waals surface area contributed by atoms with E-state index in [-0.39, 0.29) is 23.1 Å². The topological polar surface area (TPSA) is 20.3 Å². The second kappa shape index (κ2) is 5.76. The summed E-state index contributed by atoms with van der Waals surface area (Å²) in [5.41, 5.74) is 1.85. The van der Waals surface area contributed by atoms with Gasteiger partial charge < -0.3 is 4.90 Å². The molecule has 2 rings (SSSR count). The molecule has 110 valence electrons. The quantitative estimate of drug-likeness (QED) is 0.843. The first-order chi connectivity index (χ1) is 9.32. The molecule has 1 atom stereocenters. The molecule has 0 N–H and O–H groups in total. The fraction of sp³-hybridized carbons (Fsp3) is 0.562. The first-order valence-electron chi connectivity index (χ1n) is 7.02. The Morgan fingerprint density at radius 1 is 1.35 bits per heavy atom. The average Bonchev–Trinajstić information content (AvgIpc) is 2.36. The van der Waals surface area contributed by atoms with Crippen molar-refractivity contribution in [1.29, 1.82) is 0 Å². The third-order valence-electron chi connectivity index (χ3n) is 4.10. The van der Waals surface area contributed by atoms with Gasteiger partial charge in [0, 0.05) is 18.7 Å². The summed E-state index contributed by atoms with van der Waals surface area (Å²) in [5.74, 6) is 0.766. The van der Waals surface area contributed by atoms with E-state index in [4.69, 9.17) is 0 Å². The third kappa shape index (κ3) is 3.17. The van der Waals surface area contributed by atoms with Crippen molar-refractivity contribution < 1.29 is 9.18 Å². The molecular formula is C16H22FNOS. The molecule has 0 aromatic heterocycles. The molecule has 0 saturated carbocycles. The Morgan fingerprint density at radius 3 is 2.65 bits per heavy atom. The number of carbonyl (C=O) groups excluding carboxylic acids is 1. The maximum atomic E-state index is 13.5. The van der Waals surface area contributed by atoms with Gasteiger partial charge in [0.25, 0.3) is 0 Å². The van der Waals surface area contributed by atoms with Gasteiger partial charge in [0.05, 0.1) is 0 Å². The zero-order valence-electron chi connectivity index (χ0n) is 12.3. The summed E-state index contributed by atoms with van der Waals surface area (Å²) >= 11 is 4.42. The number of thiol groups is 1. The van der Waals surface area contributed by atoms with Crippen LogP contribution in [0.1, 0.15) is 32.8 Å². The Bertz CT molecular complexity index is 510. The van der Waals surface area contributed by atoms with E-state index in [0.717, 1.165) is 11.3 Å². The lowest BCUT2D eigenvalue weighted by atomic mass is 9.81. The third-order valence-corrected chi connectivity index (χ3v) is 4.54. The summed E-state index contributed by atoms with van der Waals surface area (Å²) in [6, 6.07) is 4.73. The number of aryl methyl sites for hydroxylation is 1. The molecule has 1 aliphatic heterocycles. The Balaban J connectivity index is 2.32. The summed E-state index contributed by atoms with van der Waals surface area (Å²) in [5, 5.41) is 0. The second-order valence-electron chi connectivity index (χ2n) is 6.52. The van der Waals surface area contributed by atoms with Crippen LogP contribution in [0.4, 0.5) is 10.1 Å². The predicted octanol–water partition coefficient (Wildman–Crippen LogP) is 3.70. The van der Waals surface area contributed by atoms with Crippen LogP contribution in [0.2, 0.25) is 0 Å². The van der Waals surface area contributed by atoms with Crippen LogP contribution in [0.15, 0.2) is 18.2 Å². The van der Waals surface area contributed by atoms with E-state index < -0.39 is 0 Å². The maximum Gasteiger partial charge on any atom is 0.227 e. The molecule has 1 aromatic carbocycles. The molecule has 1 amide bonds. The summed E-state index contributed by atoms with van der Waals surface area (Å²) in [6.07, 6.45) is 1.20. The van der Waals surface area contributed by atoms with E-state index in [1.807, 2.05) is 0 Å². The van der Waals surface area contributed by atoms with Crippen molar-refractivity contribution in [1.82, 2.24) is 0 Å². The van der Waals surface area contributed by atoms with Crippen LogP contribution >= 0.6 is 12.6 Å². The van der Waals surface area contributed by atoms with Gasteiger partial charge in [0.1, 0.15) is 5.82 Å². The van der Waals surface area contributed by atoms with Crippen molar-refractivity contribution in [3.8, 4) is 0 Å². The van der Waals surface area contributed by atoms with Crippen molar-refractivity contribution >= 4 is 24.2 Å². The first kappa shape index (κ1) is 15.4. The number of rotatable bonds is 3. The molecule has 20 heavy (non-hydrogen) atoms. The number of hydrogen-bond donors (Lipinski definition) is 1. The van der Waals surface area contributed by atoms with E-state index in [1.54, 1.807) is 11.0 Å². The highest BCUT2D eigenvalue weighted by Gasteiger charge is 2.31. The van der Waals surface area contributed by atoms with Crippen LogP contribution < -0.4 is 4.90 Å². The van der Waals surface area contributed by atoms with Crippen LogP contribution in [-0.2, 0) is 11.2 Å². The standard InChI is InChI=1S/C16H22FNOS/c1-16(2,3)12(10-20)9-18-14-8-13(17)6-4-11(14)5-7-15(18)19/h4,6,8,12,20H,5,7,9-10H2,1-3H3. The van der Waals surface area contributed by atoms with Crippen LogP contribution in [0.5, 0.6) is 0 Å². The number of halogens is 1. The van der Waals surface area contributed by atoms with Gasteiger partial charge in [0.15, 0.2) is 0 Å². The minimum Gasteiger partial charge on any atom is -0.312 e. The number of hydrogen-bond acceptors (Lipinski definition) is 2. The minimum atomic E-state index is -0.290. The van der Waals surface area contributed by atoms with E-state index in [0.29, 0.717) is 25.1 Å². The van der Waals surface area contributed by atoms with Crippen molar-refractivity contribution in [2.45, 2.75) is 33.6 Å². The highest BCUT2D eigenvalue weighted by atomic mass is 32.1. The SMILES string of the molecule is CC(C)(C)C(CS)CN1C(=O)CCc2ccc(F)cc21. The van der Waals surface area contributed by atoms with Gasteiger partial charge in [-0.1, -0.05) is 26.8 Å². The van der Waals surface area contributed by atoms with Gasteiger partial charge >= 0.3 is 0 Å². The normalized spacial score (nSPS) is 17.1. The van der Waals surface area contributed by atoms with Crippen LogP contribution in [0.3, 0.4) is 0 Å². The van der Waals surface area contributed by atoms with Crippen molar-refractivity contribution in [2.75, 3.05) is 17.2 Å². The number of anilines is 1. The zero-order valence-corrected chi connectivity index (χ0v) is 13.2. The highest BCUT2D eigenvalue weighted by Crippen LogP contribution is 2.33. The Morgan fingerprint density at radius 2 is 2.05 bits per heavy atom. The number of amides is 1. The number of carbonyl (C=O) groups is 1. The molecule has 1 heterocycles. The fourth-order valence-corrected chi connectivity index (χ4v) is 3.20. The number of nitrogens with zero attached hydrogens (tertiary/aromatic N) is 1. The molecule has 0 bridgehead atoms. The molecule has 0 radical (unpaired) electrons. The lowest BCUT2D eigenvalue weighted by Crippen LogP contribution is -2.42. The average molecular weight is 295 g/mol. The molecule has 0 spiro atoms. The van der Waals surface area contributed by atoms with Crippen LogP contribution in [0.25, 0.3) is 0 Å². The van der Waals surface area contributed by atoms with Gasteiger partial charge in [-0.3, -0.25) is 4.79 Å². The zero-order chi connectivity index (χ0) is 14.9. The van der Waals surface area contributed by atoms with Crippen molar-refractivity contribution in [2.24, 2.45) is 11.3 Å². The van der Waals surface area contributed by atoms with Crippen molar-refractivity contribution in [3.05, 3.63) is 29.6 Å². The summed E-state index contributed by atoms with van der Waals surface area (Å²) in [6.45, 7) is 7.04. The Kier molecular flexibility index (Phi) is 4.43. The first-order valence-corrected chi connectivity index (χ1v) is 7.66. The molecule has 4 heteroatoms. The molecular weight excluding hydrogens is 273 g/mol. The lowest BCUT2D eigenvalue weighted by Gasteiger charge is -2.37. The van der Waals surface area contributed by atoms with Crippen molar-refractivity contribution in [3.63, 3.8) is 0 Å². The van der Waals surface area contributed by atoms with Gasteiger partial charge in [-0.25, -0.2) is 4.39 Å². The van der Waals surface area contributed by atoms with E-state index in [1.165, 1.54) is 12.1 Å². The molecule has 0 aliphatic carbocycles. The highest BCUT2D eigenvalue weighted by molar-refractivity contribution is 7.80. The predicted molar refractivity (Wildman–Crippen MR) is 83.9 cm³/mol. The summed E-state index contributed by atoms with van der Waals surface area (Å²) in [7, 11) is 0. The number of fused-ring (bicyclic) bond motifs is 1. The Labute approximate surface area is 125 Å². The summed E-state index contributed by atoms with van der Waals surface area (Å²) < 4.78 is 13.5. The molecule has 1 aliphatic rings. The summed E-state index contributed by atoms with van der Waals surface area (Å²) in [4.78, 5) is 14.0. The molecule has 2 nitrogen and oxygen atoms in total. The van der Waals surface area contributed by atoms with Gasteiger partial charge in [0.2, 0.25) is 5.91 Å². The largest absolute Gasteiger partial charge is 0.312 e. The molecule has 1 unspecified atom stereocenters. The van der Waals surface area contributed by atoms with Gasteiger partial charge in [-0.2, -0.15) is 12.6 Å². The molecule has 1 aromatic rings. The van der Waals surface area contributed by atoms with Gasteiger partial charge in [-0.15, -0.1) is 0 Å². The maximum absolute atomic E-state index is 13.5. The van der Waals surface area contributed by atoms with E-state index >= 15 is 0 Å². The molecule has 0 fully saturated rings. The monoisotopic (exact) mass is 295 g/mol. The minimum absolute atomic E-state index is 0.0625. The lowest BCUT2D eigenvalue weighted by molar-refractivity contribution is -0.119. The second-order valence-corrected chi connectivity index (χ2v) is 6.89. The smallest absolute Gasteiger partial charge is 0.227 e. The van der Waals surface area contributed by atoms with E-state index in [9.17, 15) is 9.18 Å². The fourth-order valence-electron chi connectivity index (χ4n) is 2.54. The van der Waals surface area contributed by atoms with Crippen LogP contribution in [-0.4, -0.2) is 18.2 Å². The Hall–Kier alpha value is -1.03. The van der Waals surface area contributed by atoms with Gasteiger partial charge in [-0.05, 0) is 41.2 Å². The molecule has 0 saturated heterocycles.